The Labute approximate surface area is 123 Å². The van der Waals surface area contributed by atoms with Crippen LogP contribution in [0.2, 0.25) is 0 Å². The van der Waals surface area contributed by atoms with Gasteiger partial charge in [0, 0.05) is 18.4 Å². The first-order valence-corrected chi connectivity index (χ1v) is 8.15. The summed E-state index contributed by atoms with van der Waals surface area (Å²) < 4.78 is 1.05. The van der Waals surface area contributed by atoms with Gasteiger partial charge in [-0.1, -0.05) is 15.9 Å². The molecule has 0 spiro atoms. The molecule has 17 heavy (non-hydrogen) atoms. The van der Waals surface area contributed by atoms with Gasteiger partial charge >= 0.3 is 0 Å². The molecule has 2 nitrogen and oxygen atoms in total. The summed E-state index contributed by atoms with van der Waals surface area (Å²) in [7, 11) is 1.90. The number of carbonyl (C=O) groups excluding carboxylic acids is 1. The third kappa shape index (κ3) is 3.12. The lowest BCUT2D eigenvalue weighted by molar-refractivity contribution is 0.0753. The summed E-state index contributed by atoms with van der Waals surface area (Å²) in [5, 5.41) is 0. The highest BCUT2D eigenvalue weighted by atomic mass is 79.9. The highest BCUT2D eigenvalue weighted by Gasteiger charge is 2.29. The molecule has 1 aromatic rings. The fourth-order valence-electron chi connectivity index (χ4n) is 2.03. The van der Waals surface area contributed by atoms with Crippen LogP contribution >= 0.6 is 43.2 Å². The smallest absolute Gasteiger partial charge is 0.263 e. The summed E-state index contributed by atoms with van der Waals surface area (Å²) in [5.41, 5.74) is 1.14. The largest absolute Gasteiger partial charge is 0.341 e. The Hall–Kier alpha value is 0.130. The summed E-state index contributed by atoms with van der Waals surface area (Å²) in [6.07, 6.45) is 2.37. The molecule has 0 saturated heterocycles. The second-order valence-electron chi connectivity index (χ2n) is 4.69. The van der Waals surface area contributed by atoms with E-state index in [1.807, 2.05) is 24.9 Å². The molecular formula is C12H15Br2NOS. The highest BCUT2D eigenvalue weighted by molar-refractivity contribution is 9.11. The number of aryl methyl sites for hydroxylation is 1. The molecule has 0 aromatic carbocycles. The minimum absolute atomic E-state index is 0.141. The maximum absolute atomic E-state index is 12.2. The number of amides is 1. The van der Waals surface area contributed by atoms with Crippen LogP contribution in [0.5, 0.6) is 0 Å². The molecule has 1 saturated carbocycles. The number of carbonyl (C=O) groups is 1. The predicted octanol–water partition coefficient (Wildman–Crippen LogP) is 4.06. The molecule has 1 heterocycles. The fourth-order valence-corrected chi connectivity index (χ4v) is 4.61. The maximum atomic E-state index is 12.2. The maximum Gasteiger partial charge on any atom is 0.263 e. The quantitative estimate of drug-likeness (QED) is 0.724. The molecule has 1 aliphatic rings. The molecule has 1 aromatic heterocycles. The second kappa shape index (κ2) is 5.41. The van der Waals surface area contributed by atoms with E-state index < -0.39 is 0 Å². The number of thiophene rings is 1. The molecule has 0 aliphatic heterocycles. The summed E-state index contributed by atoms with van der Waals surface area (Å²) >= 11 is 8.56. The van der Waals surface area contributed by atoms with Crippen molar-refractivity contribution in [1.29, 1.82) is 0 Å². The Morgan fingerprint density at radius 3 is 2.71 bits per heavy atom. The lowest BCUT2D eigenvalue weighted by Crippen LogP contribution is -2.37. The summed E-state index contributed by atoms with van der Waals surface area (Å²) in [4.78, 5) is 15.5. The normalized spacial score (nSPS) is 23.3. The van der Waals surface area contributed by atoms with Gasteiger partial charge in [0.05, 0.1) is 8.66 Å². The van der Waals surface area contributed by atoms with E-state index in [1.165, 1.54) is 24.2 Å². The van der Waals surface area contributed by atoms with Gasteiger partial charge in [0.2, 0.25) is 0 Å². The van der Waals surface area contributed by atoms with Crippen molar-refractivity contribution in [2.24, 2.45) is 5.92 Å². The van der Waals surface area contributed by atoms with Crippen LogP contribution in [-0.2, 0) is 0 Å². The zero-order valence-electron chi connectivity index (χ0n) is 9.87. The van der Waals surface area contributed by atoms with Crippen molar-refractivity contribution in [2.75, 3.05) is 13.6 Å². The Balaban J connectivity index is 1.95. The van der Waals surface area contributed by atoms with E-state index >= 15 is 0 Å². The third-order valence-electron chi connectivity index (χ3n) is 3.12. The van der Waals surface area contributed by atoms with Gasteiger partial charge < -0.3 is 4.90 Å². The van der Waals surface area contributed by atoms with Crippen molar-refractivity contribution in [2.45, 2.75) is 24.6 Å². The van der Waals surface area contributed by atoms with Crippen molar-refractivity contribution in [3.8, 4) is 0 Å². The Bertz CT molecular complexity index is 407. The summed E-state index contributed by atoms with van der Waals surface area (Å²) in [6.45, 7) is 2.88. The van der Waals surface area contributed by atoms with Gasteiger partial charge in [0.1, 0.15) is 0 Å². The molecule has 0 unspecified atom stereocenters. The third-order valence-corrected chi connectivity index (χ3v) is 6.00. The molecule has 1 fully saturated rings. The Morgan fingerprint density at radius 1 is 1.59 bits per heavy atom. The number of hydrogen-bond acceptors (Lipinski definition) is 2. The fraction of sp³-hybridized carbons (Fsp3) is 0.583. The first kappa shape index (κ1) is 13.6. The summed E-state index contributed by atoms with van der Waals surface area (Å²) in [6, 6.07) is 1.96. The molecule has 5 heteroatoms. The van der Waals surface area contributed by atoms with E-state index in [9.17, 15) is 4.79 Å². The molecule has 2 rings (SSSR count). The van der Waals surface area contributed by atoms with Crippen LogP contribution in [-0.4, -0.2) is 29.2 Å². The highest BCUT2D eigenvalue weighted by Crippen LogP contribution is 2.34. The van der Waals surface area contributed by atoms with E-state index in [4.69, 9.17) is 0 Å². The van der Waals surface area contributed by atoms with E-state index in [2.05, 4.69) is 31.9 Å². The van der Waals surface area contributed by atoms with Gasteiger partial charge in [-0.2, -0.15) is 0 Å². The monoisotopic (exact) mass is 379 g/mol. The van der Waals surface area contributed by atoms with E-state index in [-0.39, 0.29) is 5.91 Å². The van der Waals surface area contributed by atoms with Crippen molar-refractivity contribution in [1.82, 2.24) is 4.90 Å². The molecule has 1 amide bonds. The lowest BCUT2D eigenvalue weighted by Gasteiger charge is -2.34. The van der Waals surface area contributed by atoms with Crippen LogP contribution in [0.15, 0.2) is 9.85 Å². The number of nitrogens with zero attached hydrogens (tertiary/aromatic N) is 1. The average Bonchev–Trinajstić information content (AvgIpc) is 2.56. The first-order chi connectivity index (χ1) is 7.97. The first-order valence-electron chi connectivity index (χ1n) is 5.63. The zero-order chi connectivity index (χ0) is 12.6. The predicted molar refractivity (Wildman–Crippen MR) is 79.2 cm³/mol. The van der Waals surface area contributed by atoms with Crippen LogP contribution in [0.4, 0.5) is 0 Å². The van der Waals surface area contributed by atoms with Gasteiger partial charge in [-0.15, -0.1) is 11.3 Å². The topological polar surface area (TPSA) is 20.3 Å². The molecule has 1 aliphatic carbocycles. The van der Waals surface area contributed by atoms with Crippen LogP contribution in [0.1, 0.15) is 28.1 Å². The van der Waals surface area contributed by atoms with E-state index in [0.717, 1.165) is 20.8 Å². The zero-order valence-corrected chi connectivity index (χ0v) is 13.9. The summed E-state index contributed by atoms with van der Waals surface area (Å²) in [5.74, 6) is 0.805. The minimum atomic E-state index is 0.141. The van der Waals surface area contributed by atoms with Crippen LogP contribution in [0, 0.1) is 12.8 Å². The standard InChI is InChI=1S/C12H15Br2NOS/c1-7-3-10(17-11(7)14)12(16)15(2)6-8-4-9(13)5-8/h3,8-9H,4-6H2,1-2H3. The molecule has 0 atom stereocenters. The number of halogens is 2. The average molecular weight is 381 g/mol. The van der Waals surface area contributed by atoms with Gasteiger partial charge in [-0.3, -0.25) is 4.79 Å². The van der Waals surface area contributed by atoms with Crippen molar-refractivity contribution in [3.63, 3.8) is 0 Å². The number of hydrogen-bond donors (Lipinski definition) is 0. The van der Waals surface area contributed by atoms with Crippen molar-refractivity contribution >= 4 is 49.1 Å². The molecule has 0 bridgehead atoms. The van der Waals surface area contributed by atoms with Gasteiger partial charge in [-0.05, 0) is 53.2 Å². The lowest BCUT2D eigenvalue weighted by atomic mass is 9.85. The Morgan fingerprint density at radius 2 is 2.24 bits per heavy atom. The van der Waals surface area contributed by atoms with Gasteiger partial charge in [0.15, 0.2) is 0 Å². The molecule has 0 N–H and O–H groups in total. The molecule has 94 valence electrons. The SMILES string of the molecule is Cc1cc(C(=O)N(C)CC2CC(Br)C2)sc1Br. The Kier molecular flexibility index (Phi) is 4.31. The van der Waals surface area contributed by atoms with Crippen molar-refractivity contribution in [3.05, 3.63) is 20.3 Å². The molecule has 0 radical (unpaired) electrons. The van der Waals surface area contributed by atoms with Crippen molar-refractivity contribution < 1.29 is 4.79 Å². The van der Waals surface area contributed by atoms with E-state index in [0.29, 0.717) is 10.7 Å². The minimum Gasteiger partial charge on any atom is -0.341 e. The van der Waals surface area contributed by atoms with Crippen LogP contribution in [0.3, 0.4) is 0 Å². The second-order valence-corrected chi connectivity index (χ2v) is 8.35. The van der Waals surface area contributed by atoms with Crippen LogP contribution in [0.25, 0.3) is 0 Å². The van der Waals surface area contributed by atoms with Crippen LogP contribution < -0.4 is 0 Å². The number of rotatable bonds is 3. The van der Waals surface area contributed by atoms with Gasteiger partial charge in [0.25, 0.3) is 5.91 Å². The molecular weight excluding hydrogens is 366 g/mol. The number of alkyl halides is 1. The van der Waals surface area contributed by atoms with E-state index in [1.54, 1.807) is 0 Å². The van der Waals surface area contributed by atoms with Gasteiger partial charge in [-0.25, -0.2) is 0 Å².